The SMILES string of the molecule is CC(C)c1ccccc1-c1ccc(-c2cc(C(C)(C)O)nn2-c2ccccc2Cl)s1. The molecule has 0 radical (unpaired) electrons. The molecule has 0 saturated heterocycles. The fourth-order valence-corrected chi connectivity index (χ4v) is 4.78. The van der Waals surface area contributed by atoms with Gasteiger partial charge in [-0.1, -0.05) is 61.8 Å². The highest BCUT2D eigenvalue weighted by Gasteiger charge is 2.24. The van der Waals surface area contributed by atoms with Crippen LogP contribution in [0, 0.1) is 0 Å². The Hall–Kier alpha value is -2.40. The standard InChI is InChI=1S/C25H25ClN2OS/c1-16(2)17-9-5-6-10-18(17)22-13-14-23(30-22)21-15-24(25(3,4)29)27-28(21)20-12-8-7-11-19(20)26/h5-16,29H,1-4H3. The van der Waals surface area contributed by atoms with Gasteiger partial charge in [-0.05, 0) is 61.2 Å². The van der Waals surface area contributed by atoms with Crippen molar-refractivity contribution in [2.45, 2.75) is 39.2 Å². The summed E-state index contributed by atoms with van der Waals surface area (Å²) in [5, 5.41) is 15.9. The summed E-state index contributed by atoms with van der Waals surface area (Å²) in [6.07, 6.45) is 0. The van der Waals surface area contributed by atoms with E-state index in [0.717, 1.165) is 16.3 Å². The van der Waals surface area contributed by atoms with Crippen LogP contribution in [0.1, 0.15) is 44.9 Å². The van der Waals surface area contributed by atoms with Crippen LogP contribution in [0.3, 0.4) is 0 Å². The normalized spacial score (nSPS) is 12.0. The molecule has 154 valence electrons. The summed E-state index contributed by atoms with van der Waals surface area (Å²) in [6, 6.07) is 22.4. The van der Waals surface area contributed by atoms with E-state index in [0.29, 0.717) is 16.6 Å². The molecule has 2 aromatic carbocycles. The molecule has 0 bridgehead atoms. The van der Waals surface area contributed by atoms with Gasteiger partial charge < -0.3 is 5.11 Å². The quantitative estimate of drug-likeness (QED) is 0.357. The molecule has 30 heavy (non-hydrogen) atoms. The molecule has 0 saturated carbocycles. The first-order chi connectivity index (χ1) is 14.3. The van der Waals surface area contributed by atoms with Crippen molar-refractivity contribution in [3.8, 4) is 26.7 Å². The average molecular weight is 437 g/mol. The van der Waals surface area contributed by atoms with Crippen LogP contribution in [0.5, 0.6) is 0 Å². The third kappa shape index (κ3) is 3.95. The van der Waals surface area contributed by atoms with E-state index in [9.17, 15) is 5.11 Å². The van der Waals surface area contributed by atoms with Crippen LogP contribution in [0.2, 0.25) is 5.02 Å². The lowest BCUT2D eigenvalue weighted by molar-refractivity contribution is 0.0734. The first kappa shape index (κ1) is 20.9. The van der Waals surface area contributed by atoms with E-state index in [1.165, 1.54) is 16.0 Å². The van der Waals surface area contributed by atoms with Crippen molar-refractivity contribution in [3.63, 3.8) is 0 Å². The summed E-state index contributed by atoms with van der Waals surface area (Å²) in [7, 11) is 0. The lowest BCUT2D eigenvalue weighted by Crippen LogP contribution is -2.16. The summed E-state index contributed by atoms with van der Waals surface area (Å²) in [4.78, 5) is 2.29. The monoisotopic (exact) mass is 436 g/mol. The van der Waals surface area contributed by atoms with Crippen molar-refractivity contribution < 1.29 is 5.11 Å². The minimum Gasteiger partial charge on any atom is -0.384 e. The Balaban J connectivity index is 1.86. The van der Waals surface area contributed by atoms with Crippen molar-refractivity contribution in [1.82, 2.24) is 9.78 Å². The van der Waals surface area contributed by atoms with Crippen LogP contribution < -0.4 is 0 Å². The van der Waals surface area contributed by atoms with Crippen molar-refractivity contribution in [2.75, 3.05) is 0 Å². The molecule has 0 aliphatic heterocycles. The van der Waals surface area contributed by atoms with Crippen molar-refractivity contribution in [2.24, 2.45) is 0 Å². The Bertz CT molecular complexity index is 1180. The molecule has 5 heteroatoms. The van der Waals surface area contributed by atoms with Gasteiger partial charge >= 0.3 is 0 Å². The molecule has 0 spiro atoms. The second-order valence-electron chi connectivity index (χ2n) is 8.24. The third-order valence-corrected chi connectivity index (χ3v) is 6.58. The molecule has 0 aliphatic carbocycles. The van der Waals surface area contributed by atoms with Crippen LogP contribution in [0.25, 0.3) is 26.7 Å². The number of hydrogen-bond acceptors (Lipinski definition) is 3. The molecule has 0 atom stereocenters. The molecule has 4 aromatic rings. The molecule has 0 fully saturated rings. The van der Waals surface area contributed by atoms with Gasteiger partial charge in [-0.15, -0.1) is 11.3 Å². The highest BCUT2D eigenvalue weighted by atomic mass is 35.5. The summed E-state index contributed by atoms with van der Waals surface area (Å²) in [6.45, 7) is 7.93. The Morgan fingerprint density at radius 2 is 1.63 bits per heavy atom. The van der Waals surface area contributed by atoms with Gasteiger partial charge in [-0.25, -0.2) is 4.68 Å². The Kier molecular flexibility index (Phi) is 5.58. The van der Waals surface area contributed by atoms with E-state index in [2.05, 4.69) is 50.2 Å². The lowest BCUT2D eigenvalue weighted by Gasteiger charge is -2.13. The molecular weight excluding hydrogens is 412 g/mol. The van der Waals surface area contributed by atoms with Crippen molar-refractivity contribution in [1.29, 1.82) is 0 Å². The van der Waals surface area contributed by atoms with Gasteiger partial charge in [0.1, 0.15) is 5.60 Å². The van der Waals surface area contributed by atoms with Gasteiger partial charge in [-0.3, -0.25) is 0 Å². The highest BCUT2D eigenvalue weighted by Crippen LogP contribution is 2.40. The summed E-state index contributed by atoms with van der Waals surface area (Å²) in [5.74, 6) is 0.446. The van der Waals surface area contributed by atoms with E-state index in [4.69, 9.17) is 16.7 Å². The van der Waals surface area contributed by atoms with E-state index in [1.54, 1.807) is 25.2 Å². The predicted octanol–water partition coefficient (Wildman–Crippen LogP) is 7.27. The highest BCUT2D eigenvalue weighted by molar-refractivity contribution is 7.18. The van der Waals surface area contributed by atoms with Gasteiger partial charge in [-0.2, -0.15) is 5.10 Å². The maximum absolute atomic E-state index is 10.6. The smallest absolute Gasteiger partial charge is 0.103 e. The Morgan fingerprint density at radius 3 is 2.33 bits per heavy atom. The number of aromatic nitrogens is 2. The maximum Gasteiger partial charge on any atom is 0.103 e. The minimum absolute atomic E-state index is 0.446. The van der Waals surface area contributed by atoms with E-state index in [1.807, 2.05) is 35.0 Å². The van der Waals surface area contributed by atoms with Crippen LogP contribution in [0.4, 0.5) is 0 Å². The number of benzene rings is 2. The van der Waals surface area contributed by atoms with E-state index >= 15 is 0 Å². The number of hydrogen-bond donors (Lipinski definition) is 1. The van der Waals surface area contributed by atoms with Crippen LogP contribution in [0.15, 0.2) is 66.7 Å². The second kappa shape index (κ2) is 8.03. The van der Waals surface area contributed by atoms with Crippen LogP contribution >= 0.6 is 22.9 Å². The zero-order valence-electron chi connectivity index (χ0n) is 17.6. The van der Waals surface area contributed by atoms with Crippen LogP contribution in [-0.4, -0.2) is 14.9 Å². The van der Waals surface area contributed by atoms with Gasteiger partial charge in [0.25, 0.3) is 0 Å². The molecular formula is C25H25ClN2OS. The Morgan fingerprint density at radius 1 is 0.967 bits per heavy atom. The molecule has 3 nitrogen and oxygen atoms in total. The van der Waals surface area contributed by atoms with Crippen LogP contribution in [-0.2, 0) is 5.60 Å². The zero-order valence-corrected chi connectivity index (χ0v) is 19.1. The Labute approximate surface area is 186 Å². The molecule has 0 aliphatic rings. The van der Waals surface area contributed by atoms with Gasteiger partial charge in [0, 0.05) is 4.88 Å². The minimum atomic E-state index is -1.05. The molecule has 4 rings (SSSR count). The predicted molar refractivity (Wildman–Crippen MR) is 127 cm³/mol. The fourth-order valence-electron chi connectivity index (χ4n) is 3.51. The number of halogens is 1. The summed E-state index contributed by atoms with van der Waals surface area (Å²) >= 11 is 8.20. The number of rotatable bonds is 5. The van der Waals surface area contributed by atoms with Gasteiger partial charge in [0.2, 0.25) is 0 Å². The zero-order chi connectivity index (χ0) is 21.5. The maximum atomic E-state index is 10.6. The largest absolute Gasteiger partial charge is 0.384 e. The van der Waals surface area contributed by atoms with Gasteiger partial charge in [0.15, 0.2) is 0 Å². The molecule has 2 aromatic heterocycles. The average Bonchev–Trinajstić information content (AvgIpc) is 3.35. The molecule has 2 heterocycles. The van der Waals surface area contributed by atoms with Crippen molar-refractivity contribution in [3.05, 3.63) is 83.0 Å². The fraction of sp³-hybridized carbons (Fsp3) is 0.240. The first-order valence-electron chi connectivity index (χ1n) is 10.0. The topological polar surface area (TPSA) is 38.1 Å². The lowest BCUT2D eigenvalue weighted by atomic mass is 9.96. The number of nitrogens with zero attached hydrogens (tertiary/aromatic N) is 2. The third-order valence-electron chi connectivity index (χ3n) is 5.12. The summed E-state index contributed by atoms with van der Waals surface area (Å²) in [5.41, 5.74) is 3.86. The van der Waals surface area contributed by atoms with E-state index < -0.39 is 5.60 Å². The number of para-hydroxylation sites is 1. The van der Waals surface area contributed by atoms with E-state index in [-0.39, 0.29) is 0 Å². The molecule has 0 unspecified atom stereocenters. The second-order valence-corrected chi connectivity index (χ2v) is 9.73. The number of thiophene rings is 1. The first-order valence-corrected chi connectivity index (χ1v) is 11.2. The van der Waals surface area contributed by atoms with Crippen molar-refractivity contribution >= 4 is 22.9 Å². The number of aliphatic hydroxyl groups is 1. The molecule has 1 N–H and O–H groups in total. The molecule has 0 amide bonds. The van der Waals surface area contributed by atoms with Gasteiger partial charge in [0.05, 0.1) is 27.0 Å². The summed E-state index contributed by atoms with van der Waals surface area (Å²) < 4.78 is 1.83.